The molecule has 1 aliphatic heterocycles. The van der Waals surface area contributed by atoms with Crippen molar-refractivity contribution in [3.05, 3.63) is 47.5 Å². The molecule has 1 aliphatic carbocycles. The summed E-state index contributed by atoms with van der Waals surface area (Å²) in [6, 6.07) is 9.82. The second-order valence-electron chi connectivity index (χ2n) is 6.63. The largest absolute Gasteiger partial charge is 0.453 e. The van der Waals surface area contributed by atoms with E-state index in [4.69, 9.17) is 4.74 Å². The number of hydrogen-bond donors (Lipinski definition) is 1. The molecule has 3 rings (SSSR count). The third-order valence-electron chi connectivity index (χ3n) is 5.04. The number of carbonyl (C=O) groups excluding carboxylic acids is 1. The maximum absolute atomic E-state index is 11.9. The van der Waals surface area contributed by atoms with Gasteiger partial charge in [-0.2, -0.15) is 0 Å². The lowest BCUT2D eigenvalue weighted by Crippen LogP contribution is -2.37. The van der Waals surface area contributed by atoms with Crippen molar-refractivity contribution in [2.24, 2.45) is 5.41 Å². The van der Waals surface area contributed by atoms with E-state index < -0.39 is 0 Å². The van der Waals surface area contributed by atoms with E-state index in [0.717, 1.165) is 30.8 Å². The summed E-state index contributed by atoms with van der Waals surface area (Å²) < 4.78 is 5.32. The van der Waals surface area contributed by atoms with Crippen molar-refractivity contribution in [1.82, 2.24) is 5.32 Å². The molecule has 1 fully saturated rings. The highest BCUT2D eigenvalue weighted by Gasteiger charge is 2.33. The van der Waals surface area contributed by atoms with Crippen LogP contribution in [0.1, 0.15) is 37.7 Å². The van der Waals surface area contributed by atoms with Crippen molar-refractivity contribution in [1.29, 1.82) is 0 Å². The van der Waals surface area contributed by atoms with Gasteiger partial charge < -0.3 is 10.1 Å². The number of benzene rings is 1. The molecule has 0 atom stereocenters. The number of rotatable bonds is 4. The van der Waals surface area contributed by atoms with Crippen LogP contribution in [0, 0.1) is 5.41 Å². The molecule has 1 saturated heterocycles. The van der Waals surface area contributed by atoms with Crippen LogP contribution < -0.4 is 5.32 Å². The summed E-state index contributed by atoms with van der Waals surface area (Å²) in [5.74, 6) is 0.780. The number of nitrogens with one attached hydrogen (secondary N) is 1. The van der Waals surface area contributed by atoms with Gasteiger partial charge in [0.25, 0.3) is 0 Å². The second kappa shape index (κ2) is 8.02. The Labute approximate surface area is 142 Å². The summed E-state index contributed by atoms with van der Waals surface area (Å²) in [6.07, 6.45) is 8.57. The van der Waals surface area contributed by atoms with E-state index >= 15 is 0 Å². The summed E-state index contributed by atoms with van der Waals surface area (Å²) >= 11 is 1.30. The Kier molecular flexibility index (Phi) is 5.79. The molecule has 0 unspecified atom stereocenters. The number of thioether (sulfide) groups is 1. The molecule has 0 aromatic heterocycles. The van der Waals surface area contributed by atoms with E-state index in [1.807, 2.05) is 30.3 Å². The van der Waals surface area contributed by atoms with Crippen molar-refractivity contribution in [3.8, 4) is 0 Å². The van der Waals surface area contributed by atoms with Crippen LogP contribution in [0.3, 0.4) is 0 Å². The summed E-state index contributed by atoms with van der Waals surface area (Å²) in [6.45, 7) is 2.68. The fraction of sp³-hybridized carbons (Fsp3) is 0.526. The Morgan fingerprint density at radius 2 is 1.96 bits per heavy atom. The van der Waals surface area contributed by atoms with Gasteiger partial charge >= 0.3 is 5.30 Å². The van der Waals surface area contributed by atoms with E-state index in [2.05, 4.69) is 11.4 Å². The van der Waals surface area contributed by atoms with Crippen LogP contribution in [-0.4, -0.2) is 24.1 Å². The molecule has 0 amide bonds. The average molecular weight is 331 g/mol. The van der Waals surface area contributed by atoms with Crippen LogP contribution in [0.2, 0.25) is 0 Å². The highest BCUT2D eigenvalue weighted by atomic mass is 32.2. The summed E-state index contributed by atoms with van der Waals surface area (Å²) in [5.41, 5.74) is 2.98. The van der Waals surface area contributed by atoms with Gasteiger partial charge in [0.2, 0.25) is 0 Å². The van der Waals surface area contributed by atoms with E-state index in [-0.39, 0.29) is 5.30 Å². The number of ether oxygens (including phenoxy) is 1. The quantitative estimate of drug-likeness (QED) is 0.649. The predicted molar refractivity (Wildman–Crippen MR) is 95.6 cm³/mol. The van der Waals surface area contributed by atoms with Crippen molar-refractivity contribution < 1.29 is 9.53 Å². The van der Waals surface area contributed by atoms with Crippen molar-refractivity contribution in [2.45, 2.75) is 38.7 Å². The topological polar surface area (TPSA) is 38.3 Å². The summed E-state index contributed by atoms with van der Waals surface area (Å²) in [7, 11) is 0. The first-order valence-corrected chi connectivity index (χ1v) is 9.46. The van der Waals surface area contributed by atoms with Crippen molar-refractivity contribution in [3.63, 3.8) is 0 Å². The van der Waals surface area contributed by atoms with Gasteiger partial charge in [0, 0.05) is 5.75 Å². The standard InChI is InChI=1S/C19H25NO2S/c21-18(22-14-16-4-2-1-3-5-16)23-15-17-6-8-19(9-7-17)10-12-20-13-11-19/h1-6,20H,7-15H2. The van der Waals surface area contributed by atoms with Crippen LogP contribution in [-0.2, 0) is 11.3 Å². The van der Waals surface area contributed by atoms with Gasteiger partial charge in [-0.25, -0.2) is 4.79 Å². The number of piperidine rings is 1. The molecule has 0 bridgehead atoms. The Balaban J connectivity index is 1.39. The fourth-order valence-electron chi connectivity index (χ4n) is 3.44. The third kappa shape index (κ3) is 4.85. The molecule has 1 heterocycles. The zero-order valence-electron chi connectivity index (χ0n) is 13.6. The number of hydrogen-bond acceptors (Lipinski definition) is 4. The number of allylic oxidation sites excluding steroid dienone is 1. The van der Waals surface area contributed by atoms with Gasteiger partial charge in [-0.15, -0.1) is 0 Å². The molecule has 1 N–H and O–H groups in total. The highest BCUT2D eigenvalue weighted by molar-refractivity contribution is 8.13. The van der Waals surface area contributed by atoms with Crippen LogP contribution >= 0.6 is 11.8 Å². The van der Waals surface area contributed by atoms with Crippen molar-refractivity contribution >= 4 is 17.1 Å². The van der Waals surface area contributed by atoms with Crippen LogP contribution in [0.25, 0.3) is 0 Å². The van der Waals surface area contributed by atoms with Crippen LogP contribution in [0.5, 0.6) is 0 Å². The van der Waals surface area contributed by atoms with E-state index in [1.54, 1.807) is 0 Å². The van der Waals surface area contributed by atoms with Gasteiger partial charge in [-0.3, -0.25) is 0 Å². The minimum Gasteiger partial charge on any atom is -0.453 e. The molecule has 0 radical (unpaired) electrons. The lowest BCUT2D eigenvalue weighted by Gasteiger charge is -2.40. The first-order valence-electron chi connectivity index (χ1n) is 8.48. The van der Waals surface area contributed by atoms with E-state index in [0.29, 0.717) is 12.0 Å². The van der Waals surface area contributed by atoms with Crippen molar-refractivity contribution in [2.75, 3.05) is 18.8 Å². The Morgan fingerprint density at radius 3 is 2.65 bits per heavy atom. The fourth-order valence-corrected chi connectivity index (χ4v) is 4.15. The maximum Gasteiger partial charge on any atom is 0.367 e. The second-order valence-corrected chi connectivity index (χ2v) is 7.54. The average Bonchev–Trinajstić information content (AvgIpc) is 2.61. The predicted octanol–water partition coefficient (Wildman–Crippen LogP) is 4.54. The molecule has 0 saturated carbocycles. The maximum atomic E-state index is 11.9. The molecule has 1 aromatic rings. The molecular formula is C19H25NO2S. The van der Waals surface area contributed by atoms with E-state index in [1.165, 1.54) is 43.0 Å². The lowest BCUT2D eigenvalue weighted by atomic mass is 9.69. The summed E-state index contributed by atoms with van der Waals surface area (Å²) in [5, 5.41) is 3.28. The van der Waals surface area contributed by atoms with E-state index in [9.17, 15) is 4.79 Å². The van der Waals surface area contributed by atoms with Crippen LogP contribution in [0.4, 0.5) is 4.79 Å². The van der Waals surface area contributed by atoms with Gasteiger partial charge in [0.05, 0.1) is 0 Å². The van der Waals surface area contributed by atoms with Gasteiger partial charge in [0.1, 0.15) is 6.61 Å². The molecule has 1 spiro atoms. The van der Waals surface area contributed by atoms with Gasteiger partial charge in [-0.05, 0) is 67.9 Å². The zero-order chi connectivity index (χ0) is 16.0. The minimum atomic E-state index is -0.170. The zero-order valence-corrected chi connectivity index (χ0v) is 14.4. The SMILES string of the molecule is O=C(OCc1ccccc1)SCC1=CCC2(CCNCC2)CC1. The lowest BCUT2D eigenvalue weighted by molar-refractivity contribution is 0.168. The first-order chi connectivity index (χ1) is 11.3. The Hall–Kier alpha value is -1.26. The van der Waals surface area contributed by atoms with Gasteiger partial charge in [-0.1, -0.05) is 42.0 Å². The Bertz CT molecular complexity index is 550. The molecule has 4 heteroatoms. The first kappa shape index (κ1) is 16.6. The van der Waals surface area contributed by atoms with Crippen LogP contribution in [0.15, 0.2) is 42.0 Å². The molecule has 3 nitrogen and oxygen atoms in total. The molecule has 124 valence electrons. The summed E-state index contributed by atoms with van der Waals surface area (Å²) in [4.78, 5) is 11.9. The molecule has 23 heavy (non-hydrogen) atoms. The minimum absolute atomic E-state index is 0.170. The highest BCUT2D eigenvalue weighted by Crippen LogP contribution is 2.42. The molecule has 1 aromatic carbocycles. The molecule has 2 aliphatic rings. The van der Waals surface area contributed by atoms with Gasteiger partial charge in [0.15, 0.2) is 0 Å². The monoisotopic (exact) mass is 331 g/mol. The molecular weight excluding hydrogens is 306 g/mol. The number of carbonyl (C=O) groups is 1. The third-order valence-corrected chi connectivity index (χ3v) is 5.91. The normalized spacial score (nSPS) is 20.1. The smallest absolute Gasteiger partial charge is 0.367 e. The Morgan fingerprint density at radius 1 is 1.17 bits per heavy atom.